The second-order valence-electron chi connectivity index (χ2n) is 5.38. The van der Waals surface area contributed by atoms with Crippen molar-refractivity contribution < 1.29 is 4.79 Å². The van der Waals surface area contributed by atoms with Crippen molar-refractivity contribution in [3.63, 3.8) is 0 Å². The number of likely N-dealkylation sites (tertiary alicyclic amines) is 1. The Bertz CT molecular complexity index is 235. The number of rotatable bonds is 5. The standard InChI is InChI=1S/C13H27N3O/c1-4-5-6-15-13(17)11(3)16-8-10(2)7-12(14)9-16/h10-12H,4-9,14H2,1-3H3,(H,15,17). The summed E-state index contributed by atoms with van der Waals surface area (Å²) in [7, 11) is 0. The highest BCUT2D eigenvalue weighted by Crippen LogP contribution is 2.17. The van der Waals surface area contributed by atoms with Crippen molar-refractivity contribution in [1.29, 1.82) is 0 Å². The van der Waals surface area contributed by atoms with Gasteiger partial charge in [-0.3, -0.25) is 9.69 Å². The minimum Gasteiger partial charge on any atom is -0.355 e. The Morgan fingerprint density at radius 3 is 2.82 bits per heavy atom. The molecular weight excluding hydrogens is 214 g/mol. The van der Waals surface area contributed by atoms with Gasteiger partial charge in [0.15, 0.2) is 0 Å². The molecule has 3 unspecified atom stereocenters. The SMILES string of the molecule is CCCCNC(=O)C(C)N1CC(C)CC(N)C1. The van der Waals surface area contributed by atoms with Crippen LogP contribution in [-0.4, -0.2) is 42.5 Å². The molecule has 4 heteroatoms. The first kappa shape index (κ1) is 14.5. The first-order chi connectivity index (χ1) is 8.04. The Balaban J connectivity index is 2.39. The van der Waals surface area contributed by atoms with Crippen LogP contribution in [0.4, 0.5) is 0 Å². The van der Waals surface area contributed by atoms with E-state index in [0.717, 1.165) is 38.9 Å². The molecule has 0 aromatic heterocycles. The van der Waals surface area contributed by atoms with Gasteiger partial charge in [0.1, 0.15) is 0 Å². The van der Waals surface area contributed by atoms with Gasteiger partial charge in [-0.25, -0.2) is 0 Å². The van der Waals surface area contributed by atoms with E-state index in [-0.39, 0.29) is 18.0 Å². The molecule has 0 radical (unpaired) electrons. The summed E-state index contributed by atoms with van der Waals surface area (Å²) < 4.78 is 0. The minimum absolute atomic E-state index is 0.0549. The van der Waals surface area contributed by atoms with Crippen molar-refractivity contribution in [2.75, 3.05) is 19.6 Å². The average Bonchev–Trinajstić information content (AvgIpc) is 2.27. The fourth-order valence-corrected chi connectivity index (χ4v) is 2.46. The lowest BCUT2D eigenvalue weighted by atomic mass is 9.95. The van der Waals surface area contributed by atoms with Crippen LogP contribution < -0.4 is 11.1 Å². The molecule has 1 aliphatic rings. The van der Waals surface area contributed by atoms with Crippen molar-refractivity contribution in [3.8, 4) is 0 Å². The molecule has 1 heterocycles. The van der Waals surface area contributed by atoms with Gasteiger partial charge in [-0.05, 0) is 25.7 Å². The van der Waals surface area contributed by atoms with Crippen LogP contribution >= 0.6 is 0 Å². The van der Waals surface area contributed by atoms with Gasteiger partial charge in [0.05, 0.1) is 6.04 Å². The number of nitrogens with two attached hydrogens (primary N) is 1. The maximum absolute atomic E-state index is 11.9. The molecule has 0 aliphatic carbocycles. The van der Waals surface area contributed by atoms with Gasteiger partial charge in [0, 0.05) is 25.7 Å². The first-order valence-electron chi connectivity index (χ1n) is 6.82. The average molecular weight is 241 g/mol. The molecule has 3 atom stereocenters. The maximum Gasteiger partial charge on any atom is 0.237 e. The molecule has 1 rings (SSSR count). The topological polar surface area (TPSA) is 58.4 Å². The van der Waals surface area contributed by atoms with Crippen molar-refractivity contribution >= 4 is 5.91 Å². The van der Waals surface area contributed by atoms with Crippen LogP contribution in [0.15, 0.2) is 0 Å². The lowest BCUT2D eigenvalue weighted by molar-refractivity contribution is -0.126. The highest BCUT2D eigenvalue weighted by Gasteiger charge is 2.28. The molecule has 0 aromatic carbocycles. The Hall–Kier alpha value is -0.610. The predicted molar refractivity (Wildman–Crippen MR) is 70.7 cm³/mol. The highest BCUT2D eigenvalue weighted by molar-refractivity contribution is 5.81. The van der Waals surface area contributed by atoms with E-state index in [1.165, 1.54) is 0 Å². The van der Waals surface area contributed by atoms with Crippen LogP contribution in [-0.2, 0) is 4.79 Å². The van der Waals surface area contributed by atoms with Gasteiger partial charge in [0.25, 0.3) is 0 Å². The molecule has 1 amide bonds. The van der Waals surface area contributed by atoms with E-state index in [2.05, 4.69) is 24.1 Å². The van der Waals surface area contributed by atoms with Crippen LogP contribution in [0.5, 0.6) is 0 Å². The minimum atomic E-state index is -0.0549. The number of nitrogens with one attached hydrogen (secondary N) is 1. The van der Waals surface area contributed by atoms with Crippen LogP contribution in [0.25, 0.3) is 0 Å². The largest absolute Gasteiger partial charge is 0.355 e. The van der Waals surface area contributed by atoms with Gasteiger partial charge >= 0.3 is 0 Å². The zero-order valence-electron chi connectivity index (χ0n) is 11.4. The summed E-state index contributed by atoms with van der Waals surface area (Å²) >= 11 is 0. The third-order valence-electron chi connectivity index (χ3n) is 3.48. The zero-order chi connectivity index (χ0) is 12.8. The molecule has 0 saturated carbocycles. The van der Waals surface area contributed by atoms with Gasteiger partial charge < -0.3 is 11.1 Å². The van der Waals surface area contributed by atoms with E-state index < -0.39 is 0 Å². The summed E-state index contributed by atoms with van der Waals surface area (Å²) in [6.07, 6.45) is 3.23. The number of unbranched alkanes of at least 4 members (excludes halogenated alkanes) is 1. The number of carbonyl (C=O) groups excluding carboxylic acids is 1. The van der Waals surface area contributed by atoms with E-state index in [4.69, 9.17) is 5.73 Å². The van der Waals surface area contributed by atoms with Gasteiger partial charge in [-0.1, -0.05) is 20.3 Å². The lowest BCUT2D eigenvalue weighted by Gasteiger charge is -2.37. The molecule has 4 nitrogen and oxygen atoms in total. The van der Waals surface area contributed by atoms with Crippen molar-refractivity contribution in [1.82, 2.24) is 10.2 Å². The second kappa shape index (κ2) is 6.97. The van der Waals surface area contributed by atoms with E-state index in [1.807, 2.05) is 6.92 Å². The molecule has 100 valence electrons. The van der Waals surface area contributed by atoms with E-state index in [0.29, 0.717) is 5.92 Å². The molecule has 1 fully saturated rings. The summed E-state index contributed by atoms with van der Waals surface area (Å²) in [5, 5.41) is 2.99. The van der Waals surface area contributed by atoms with Gasteiger partial charge in [-0.15, -0.1) is 0 Å². The first-order valence-corrected chi connectivity index (χ1v) is 6.82. The lowest BCUT2D eigenvalue weighted by Crippen LogP contribution is -2.54. The fraction of sp³-hybridized carbons (Fsp3) is 0.923. The quantitative estimate of drug-likeness (QED) is 0.705. The normalized spacial score (nSPS) is 27.8. The number of nitrogens with zero attached hydrogens (tertiary/aromatic N) is 1. The highest BCUT2D eigenvalue weighted by atomic mass is 16.2. The molecule has 0 spiro atoms. The molecule has 0 aromatic rings. The third-order valence-corrected chi connectivity index (χ3v) is 3.48. The Morgan fingerprint density at radius 1 is 1.53 bits per heavy atom. The summed E-state index contributed by atoms with van der Waals surface area (Å²) in [5.74, 6) is 0.726. The van der Waals surface area contributed by atoms with Crippen molar-refractivity contribution in [2.24, 2.45) is 11.7 Å². The van der Waals surface area contributed by atoms with E-state index >= 15 is 0 Å². The van der Waals surface area contributed by atoms with E-state index in [9.17, 15) is 4.79 Å². The Labute approximate surface area is 105 Å². The summed E-state index contributed by atoms with van der Waals surface area (Å²) in [5.41, 5.74) is 6.00. The molecular formula is C13H27N3O. The number of amides is 1. The van der Waals surface area contributed by atoms with E-state index in [1.54, 1.807) is 0 Å². The third kappa shape index (κ3) is 4.64. The zero-order valence-corrected chi connectivity index (χ0v) is 11.4. The summed E-state index contributed by atoms with van der Waals surface area (Å²) in [6.45, 7) is 8.92. The van der Waals surface area contributed by atoms with Crippen LogP contribution in [0.1, 0.15) is 40.0 Å². The Kier molecular flexibility index (Phi) is 5.92. The van der Waals surface area contributed by atoms with Crippen LogP contribution in [0.2, 0.25) is 0 Å². The van der Waals surface area contributed by atoms with Crippen LogP contribution in [0.3, 0.4) is 0 Å². The molecule has 17 heavy (non-hydrogen) atoms. The molecule has 1 aliphatic heterocycles. The smallest absolute Gasteiger partial charge is 0.237 e. The van der Waals surface area contributed by atoms with Crippen molar-refractivity contribution in [3.05, 3.63) is 0 Å². The number of hydrogen-bond acceptors (Lipinski definition) is 3. The molecule has 1 saturated heterocycles. The molecule has 3 N–H and O–H groups in total. The van der Waals surface area contributed by atoms with Crippen LogP contribution in [0, 0.1) is 5.92 Å². The number of carbonyl (C=O) groups is 1. The second-order valence-corrected chi connectivity index (χ2v) is 5.38. The monoisotopic (exact) mass is 241 g/mol. The van der Waals surface area contributed by atoms with Gasteiger partial charge in [0.2, 0.25) is 5.91 Å². The van der Waals surface area contributed by atoms with Gasteiger partial charge in [-0.2, -0.15) is 0 Å². The maximum atomic E-state index is 11.9. The number of piperidine rings is 1. The number of hydrogen-bond donors (Lipinski definition) is 2. The summed E-state index contributed by atoms with van der Waals surface area (Å²) in [6, 6.07) is 0.158. The fourth-order valence-electron chi connectivity index (χ4n) is 2.46. The predicted octanol–water partition coefficient (Wildman–Crippen LogP) is 0.960. The molecule has 0 bridgehead atoms. The Morgan fingerprint density at radius 2 is 2.24 bits per heavy atom. The van der Waals surface area contributed by atoms with Crippen molar-refractivity contribution in [2.45, 2.75) is 52.1 Å². The summed E-state index contributed by atoms with van der Waals surface area (Å²) in [4.78, 5) is 14.1.